The summed E-state index contributed by atoms with van der Waals surface area (Å²) in [5, 5.41) is 1.50. The number of hydrogen-bond acceptors (Lipinski definition) is 4. The highest BCUT2D eigenvalue weighted by molar-refractivity contribution is 7.22. The van der Waals surface area contributed by atoms with Gasteiger partial charge in [-0.15, -0.1) is 12.4 Å². The standard InChI is InChI=1S/C22H20Cl2N4OS.ClH/c1-14-4-7-19-20(15(14)2)26-22(30-19)28(10-3-9-27-11-8-25-13-27)21(29)17-12-16(23)5-6-18(17)24;/h4-8,11-13H,3,9-10H2,1-2H3;1H. The van der Waals surface area contributed by atoms with Gasteiger partial charge in [-0.05, 0) is 55.7 Å². The van der Waals surface area contributed by atoms with Crippen molar-refractivity contribution >= 4 is 68.2 Å². The summed E-state index contributed by atoms with van der Waals surface area (Å²) in [7, 11) is 0. The van der Waals surface area contributed by atoms with Crippen LogP contribution in [0.3, 0.4) is 0 Å². The van der Waals surface area contributed by atoms with Crippen molar-refractivity contribution < 1.29 is 4.79 Å². The van der Waals surface area contributed by atoms with Gasteiger partial charge in [-0.2, -0.15) is 0 Å². The van der Waals surface area contributed by atoms with E-state index in [9.17, 15) is 4.79 Å². The average Bonchev–Trinajstić information content (AvgIpc) is 3.39. The Bertz CT molecular complexity index is 1210. The van der Waals surface area contributed by atoms with Crippen molar-refractivity contribution in [3.8, 4) is 0 Å². The lowest BCUT2D eigenvalue weighted by molar-refractivity contribution is 0.0986. The Morgan fingerprint density at radius 3 is 2.74 bits per heavy atom. The van der Waals surface area contributed by atoms with Crippen LogP contribution in [-0.2, 0) is 6.54 Å². The summed E-state index contributed by atoms with van der Waals surface area (Å²) >= 11 is 14.0. The fourth-order valence-corrected chi connectivity index (χ4v) is 4.67. The van der Waals surface area contributed by atoms with Gasteiger partial charge in [0.05, 0.1) is 27.1 Å². The number of benzene rings is 2. The molecular weight excluding hydrogens is 475 g/mol. The number of hydrogen-bond donors (Lipinski definition) is 0. The third-order valence-corrected chi connectivity index (χ3v) is 6.67. The van der Waals surface area contributed by atoms with Gasteiger partial charge in [-0.1, -0.05) is 40.6 Å². The second kappa shape index (κ2) is 10.0. The molecule has 1 amide bonds. The van der Waals surface area contributed by atoms with Gasteiger partial charge < -0.3 is 4.57 Å². The highest BCUT2D eigenvalue weighted by Gasteiger charge is 2.24. The molecule has 0 N–H and O–H groups in total. The molecule has 9 heteroatoms. The van der Waals surface area contributed by atoms with E-state index in [1.807, 2.05) is 10.8 Å². The van der Waals surface area contributed by atoms with Gasteiger partial charge in [0.25, 0.3) is 5.91 Å². The minimum Gasteiger partial charge on any atom is -0.337 e. The minimum absolute atomic E-state index is 0. The van der Waals surface area contributed by atoms with E-state index in [0.717, 1.165) is 28.7 Å². The molecular formula is C22H21Cl3N4OS. The molecule has 0 atom stereocenters. The maximum Gasteiger partial charge on any atom is 0.261 e. The fourth-order valence-electron chi connectivity index (χ4n) is 3.25. The average molecular weight is 496 g/mol. The predicted molar refractivity (Wildman–Crippen MR) is 131 cm³/mol. The van der Waals surface area contributed by atoms with E-state index in [2.05, 4.69) is 31.0 Å². The van der Waals surface area contributed by atoms with Gasteiger partial charge in [0, 0.05) is 30.5 Å². The van der Waals surface area contributed by atoms with Crippen molar-refractivity contribution in [1.82, 2.24) is 14.5 Å². The number of nitrogens with zero attached hydrogens (tertiary/aromatic N) is 4. The van der Waals surface area contributed by atoms with Crippen LogP contribution in [-0.4, -0.2) is 27.0 Å². The molecule has 0 fully saturated rings. The molecule has 2 aromatic carbocycles. The first-order valence-corrected chi connectivity index (χ1v) is 11.1. The van der Waals surface area contributed by atoms with Crippen LogP contribution in [0.5, 0.6) is 0 Å². The van der Waals surface area contributed by atoms with Crippen molar-refractivity contribution in [3.63, 3.8) is 0 Å². The number of aromatic nitrogens is 3. The van der Waals surface area contributed by atoms with Crippen LogP contribution in [0.15, 0.2) is 49.1 Å². The van der Waals surface area contributed by atoms with Crippen molar-refractivity contribution in [2.75, 3.05) is 11.4 Å². The van der Waals surface area contributed by atoms with E-state index in [-0.39, 0.29) is 18.3 Å². The van der Waals surface area contributed by atoms with Gasteiger partial charge in [0.15, 0.2) is 5.13 Å². The smallest absolute Gasteiger partial charge is 0.261 e. The first-order valence-electron chi connectivity index (χ1n) is 9.53. The molecule has 0 spiro atoms. The summed E-state index contributed by atoms with van der Waals surface area (Å²) in [6, 6.07) is 9.07. The SMILES string of the molecule is Cc1ccc2sc(N(CCCn3ccnc3)C(=O)c3cc(Cl)ccc3Cl)nc2c1C.Cl. The highest BCUT2D eigenvalue weighted by Crippen LogP contribution is 2.33. The van der Waals surface area contributed by atoms with E-state index in [0.29, 0.717) is 27.3 Å². The molecule has 5 nitrogen and oxygen atoms in total. The number of halogens is 3. The zero-order chi connectivity index (χ0) is 21.3. The Morgan fingerprint density at radius 1 is 1.19 bits per heavy atom. The van der Waals surface area contributed by atoms with E-state index < -0.39 is 0 Å². The third-order valence-electron chi connectivity index (χ3n) is 5.07. The second-order valence-corrected chi connectivity index (χ2v) is 8.94. The monoisotopic (exact) mass is 494 g/mol. The first kappa shape index (κ1) is 23.5. The lowest BCUT2D eigenvalue weighted by atomic mass is 10.1. The van der Waals surface area contributed by atoms with Crippen LogP contribution in [0.25, 0.3) is 10.2 Å². The third kappa shape index (κ3) is 5.04. The Hall–Kier alpha value is -2.12. The lowest BCUT2D eigenvalue weighted by Gasteiger charge is -2.21. The fraction of sp³-hybridized carbons (Fsp3) is 0.227. The molecule has 0 radical (unpaired) electrons. The highest BCUT2D eigenvalue weighted by atomic mass is 35.5. The van der Waals surface area contributed by atoms with Crippen LogP contribution in [0.4, 0.5) is 5.13 Å². The van der Waals surface area contributed by atoms with Crippen molar-refractivity contribution in [3.05, 3.63) is 75.8 Å². The molecule has 0 aliphatic heterocycles. The molecule has 4 aromatic rings. The van der Waals surface area contributed by atoms with E-state index in [1.165, 1.54) is 16.9 Å². The molecule has 4 rings (SSSR count). The van der Waals surface area contributed by atoms with Crippen molar-refractivity contribution in [1.29, 1.82) is 0 Å². The number of anilines is 1. The topological polar surface area (TPSA) is 51.0 Å². The molecule has 0 unspecified atom stereocenters. The molecule has 2 aromatic heterocycles. The van der Waals surface area contributed by atoms with Crippen molar-refractivity contribution in [2.45, 2.75) is 26.8 Å². The van der Waals surface area contributed by atoms with Crippen LogP contribution >= 0.6 is 46.9 Å². The summed E-state index contributed by atoms with van der Waals surface area (Å²) in [6.07, 6.45) is 6.16. The zero-order valence-corrected chi connectivity index (χ0v) is 20.2. The Balaban J connectivity index is 0.00000272. The van der Waals surface area contributed by atoms with Gasteiger partial charge in [-0.25, -0.2) is 9.97 Å². The molecule has 2 heterocycles. The molecule has 31 heavy (non-hydrogen) atoms. The quantitative estimate of drug-likeness (QED) is 0.304. The molecule has 162 valence electrons. The number of fused-ring (bicyclic) bond motifs is 1. The summed E-state index contributed by atoms with van der Waals surface area (Å²) in [4.78, 5) is 24.1. The van der Waals surface area contributed by atoms with Crippen LogP contribution in [0.2, 0.25) is 10.0 Å². The summed E-state index contributed by atoms with van der Waals surface area (Å²) < 4.78 is 3.04. The summed E-state index contributed by atoms with van der Waals surface area (Å²) in [5.74, 6) is -0.207. The normalized spacial score (nSPS) is 10.8. The second-order valence-electron chi connectivity index (χ2n) is 7.09. The number of amides is 1. The van der Waals surface area contributed by atoms with Gasteiger partial charge in [0.2, 0.25) is 0 Å². The summed E-state index contributed by atoms with van der Waals surface area (Å²) in [5.41, 5.74) is 3.61. The van der Waals surface area contributed by atoms with Gasteiger partial charge >= 0.3 is 0 Å². The van der Waals surface area contributed by atoms with Crippen LogP contribution < -0.4 is 4.90 Å². The van der Waals surface area contributed by atoms with Crippen LogP contribution in [0, 0.1) is 13.8 Å². The summed E-state index contributed by atoms with van der Waals surface area (Å²) in [6.45, 7) is 5.36. The predicted octanol–water partition coefficient (Wildman–Crippen LogP) is 6.58. The van der Waals surface area contributed by atoms with Crippen molar-refractivity contribution in [2.24, 2.45) is 0 Å². The first-order chi connectivity index (χ1) is 14.4. The number of carbonyl (C=O) groups is 1. The maximum absolute atomic E-state index is 13.5. The van der Waals surface area contributed by atoms with E-state index in [4.69, 9.17) is 28.2 Å². The Labute approximate surface area is 201 Å². The number of imidazole rings is 1. The van der Waals surface area contributed by atoms with E-state index in [1.54, 1.807) is 35.6 Å². The number of carbonyl (C=O) groups excluding carboxylic acids is 1. The minimum atomic E-state index is -0.207. The largest absolute Gasteiger partial charge is 0.337 e. The van der Waals surface area contributed by atoms with Crippen LogP contribution in [0.1, 0.15) is 27.9 Å². The lowest BCUT2D eigenvalue weighted by Crippen LogP contribution is -2.32. The number of aryl methyl sites for hydroxylation is 3. The Kier molecular flexibility index (Phi) is 7.59. The molecule has 0 saturated heterocycles. The van der Waals surface area contributed by atoms with Gasteiger partial charge in [-0.3, -0.25) is 9.69 Å². The number of thiazole rings is 1. The molecule has 0 saturated carbocycles. The van der Waals surface area contributed by atoms with E-state index >= 15 is 0 Å². The van der Waals surface area contributed by atoms with Gasteiger partial charge in [0.1, 0.15) is 0 Å². The molecule has 0 aliphatic rings. The molecule has 0 bridgehead atoms. The maximum atomic E-state index is 13.5. The number of rotatable bonds is 6. The Morgan fingerprint density at radius 2 is 2.00 bits per heavy atom. The zero-order valence-electron chi connectivity index (χ0n) is 17.0. The molecule has 0 aliphatic carbocycles.